The van der Waals surface area contributed by atoms with Crippen molar-refractivity contribution in [2.45, 2.75) is 19.4 Å². The van der Waals surface area contributed by atoms with Crippen LogP contribution in [-0.2, 0) is 6.42 Å². The maximum absolute atomic E-state index is 12.7. The van der Waals surface area contributed by atoms with Gasteiger partial charge < -0.3 is 5.32 Å². The molecule has 0 aromatic heterocycles. The van der Waals surface area contributed by atoms with Gasteiger partial charge in [0.05, 0.1) is 0 Å². The van der Waals surface area contributed by atoms with E-state index in [4.69, 9.17) is 0 Å². The third-order valence-electron chi connectivity index (χ3n) is 1.96. The molecular formula is C10H12F2N-. The van der Waals surface area contributed by atoms with Crippen LogP contribution in [0.2, 0.25) is 0 Å². The summed E-state index contributed by atoms with van der Waals surface area (Å²) in [7, 11) is 1.71. The standard InChI is InChI=1S/C10H12F2N/c1-7(13-2)5-8-3-4-9(11)10(12)6-8/h3-4,6-7H,5H2,1-2H3/q-1. The average Bonchev–Trinajstić information content (AvgIpc) is 2.11. The Morgan fingerprint density at radius 3 is 2.54 bits per heavy atom. The number of rotatable bonds is 3. The minimum absolute atomic E-state index is 0.143. The normalized spacial score (nSPS) is 12.9. The quantitative estimate of drug-likeness (QED) is 0.685. The summed E-state index contributed by atoms with van der Waals surface area (Å²) < 4.78 is 25.2. The first-order valence-corrected chi connectivity index (χ1v) is 4.16. The van der Waals surface area contributed by atoms with Crippen LogP contribution in [-0.4, -0.2) is 13.1 Å². The zero-order chi connectivity index (χ0) is 9.84. The van der Waals surface area contributed by atoms with Crippen LogP contribution in [0.5, 0.6) is 0 Å². The van der Waals surface area contributed by atoms with Crippen LogP contribution in [0.4, 0.5) is 8.78 Å². The summed E-state index contributed by atoms with van der Waals surface area (Å²) in [4.78, 5) is 0. The molecule has 1 aromatic carbocycles. The van der Waals surface area contributed by atoms with Gasteiger partial charge in [-0.05, 0) is 24.1 Å². The van der Waals surface area contributed by atoms with Gasteiger partial charge in [-0.15, -0.1) is 6.04 Å². The van der Waals surface area contributed by atoms with Gasteiger partial charge in [0.15, 0.2) is 11.6 Å². The Morgan fingerprint density at radius 1 is 1.31 bits per heavy atom. The molecule has 0 saturated carbocycles. The molecule has 0 aliphatic rings. The molecule has 72 valence electrons. The first-order valence-electron chi connectivity index (χ1n) is 4.16. The molecule has 0 N–H and O–H groups in total. The van der Waals surface area contributed by atoms with Crippen molar-refractivity contribution in [2.75, 3.05) is 7.05 Å². The van der Waals surface area contributed by atoms with E-state index < -0.39 is 11.6 Å². The fourth-order valence-corrected chi connectivity index (χ4v) is 1.10. The van der Waals surface area contributed by atoms with Crippen molar-refractivity contribution in [1.82, 2.24) is 0 Å². The molecule has 1 rings (SSSR count). The zero-order valence-electron chi connectivity index (χ0n) is 7.72. The van der Waals surface area contributed by atoms with Gasteiger partial charge in [0.25, 0.3) is 0 Å². The predicted molar refractivity (Wildman–Crippen MR) is 48.8 cm³/mol. The number of halogens is 2. The van der Waals surface area contributed by atoms with E-state index >= 15 is 0 Å². The number of nitrogens with zero attached hydrogens (tertiary/aromatic N) is 1. The number of hydrogen-bond donors (Lipinski definition) is 0. The minimum atomic E-state index is -0.801. The molecule has 0 saturated heterocycles. The molecule has 13 heavy (non-hydrogen) atoms. The van der Waals surface area contributed by atoms with Crippen LogP contribution in [0, 0.1) is 11.6 Å². The van der Waals surface area contributed by atoms with Gasteiger partial charge in [0.1, 0.15) is 0 Å². The average molecular weight is 184 g/mol. The van der Waals surface area contributed by atoms with E-state index in [-0.39, 0.29) is 6.04 Å². The third kappa shape index (κ3) is 2.77. The summed E-state index contributed by atoms with van der Waals surface area (Å²) in [5.41, 5.74) is 0.775. The topological polar surface area (TPSA) is 14.1 Å². The van der Waals surface area contributed by atoms with Crippen LogP contribution >= 0.6 is 0 Å². The number of hydrogen-bond acceptors (Lipinski definition) is 0. The Labute approximate surface area is 76.8 Å². The van der Waals surface area contributed by atoms with Crippen molar-refractivity contribution in [3.63, 3.8) is 0 Å². The van der Waals surface area contributed by atoms with Gasteiger partial charge in [-0.3, -0.25) is 0 Å². The lowest BCUT2D eigenvalue weighted by Crippen LogP contribution is -2.04. The molecule has 0 bridgehead atoms. The van der Waals surface area contributed by atoms with Crippen LogP contribution in [0.25, 0.3) is 5.32 Å². The second-order valence-electron chi connectivity index (χ2n) is 3.06. The Balaban J connectivity index is 2.73. The Bertz CT molecular complexity index is 286. The predicted octanol–water partition coefficient (Wildman–Crippen LogP) is 2.90. The molecule has 1 aromatic rings. The van der Waals surface area contributed by atoms with Gasteiger partial charge in [0.2, 0.25) is 0 Å². The highest BCUT2D eigenvalue weighted by atomic mass is 19.2. The van der Waals surface area contributed by atoms with Gasteiger partial charge in [-0.25, -0.2) is 8.78 Å². The molecule has 0 aliphatic carbocycles. The number of benzene rings is 1. The molecule has 1 unspecified atom stereocenters. The van der Waals surface area contributed by atoms with E-state index in [2.05, 4.69) is 5.32 Å². The van der Waals surface area contributed by atoms with Crippen molar-refractivity contribution in [2.24, 2.45) is 0 Å². The fourth-order valence-electron chi connectivity index (χ4n) is 1.10. The highest BCUT2D eigenvalue weighted by Crippen LogP contribution is 2.12. The number of likely N-dealkylation sites (N-methyl/N-ethyl adjacent to an activating group) is 1. The molecule has 0 radical (unpaired) electrons. The molecule has 0 spiro atoms. The highest BCUT2D eigenvalue weighted by Gasteiger charge is 2.02. The lowest BCUT2D eigenvalue weighted by Gasteiger charge is -2.22. The minimum Gasteiger partial charge on any atom is -0.662 e. The molecular weight excluding hydrogens is 172 g/mol. The molecule has 0 aliphatic heterocycles. The smallest absolute Gasteiger partial charge is 0.159 e. The van der Waals surface area contributed by atoms with Gasteiger partial charge >= 0.3 is 0 Å². The van der Waals surface area contributed by atoms with Crippen molar-refractivity contribution < 1.29 is 8.78 Å². The Kier molecular flexibility index (Phi) is 3.37. The van der Waals surface area contributed by atoms with Crippen LogP contribution in [0.15, 0.2) is 18.2 Å². The second-order valence-corrected chi connectivity index (χ2v) is 3.06. The van der Waals surface area contributed by atoms with Crippen molar-refractivity contribution >= 4 is 0 Å². The maximum atomic E-state index is 12.7. The lowest BCUT2D eigenvalue weighted by atomic mass is 10.1. The summed E-state index contributed by atoms with van der Waals surface area (Å²) in [5.74, 6) is -1.59. The summed E-state index contributed by atoms with van der Waals surface area (Å²) in [6, 6.07) is 4.09. The van der Waals surface area contributed by atoms with E-state index in [1.165, 1.54) is 6.07 Å². The van der Waals surface area contributed by atoms with E-state index in [1.807, 2.05) is 6.92 Å². The second kappa shape index (κ2) is 4.33. The fraction of sp³-hybridized carbons (Fsp3) is 0.400. The largest absolute Gasteiger partial charge is 0.662 e. The first kappa shape index (κ1) is 10.1. The summed E-state index contributed by atoms with van der Waals surface area (Å²) >= 11 is 0. The zero-order valence-corrected chi connectivity index (χ0v) is 7.72. The van der Waals surface area contributed by atoms with E-state index in [0.717, 1.165) is 11.6 Å². The highest BCUT2D eigenvalue weighted by molar-refractivity contribution is 5.19. The Hall–Kier alpha value is -0.960. The van der Waals surface area contributed by atoms with E-state index in [9.17, 15) is 8.78 Å². The molecule has 0 amide bonds. The summed E-state index contributed by atoms with van der Waals surface area (Å²) in [6.07, 6.45) is 0.647. The van der Waals surface area contributed by atoms with Crippen molar-refractivity contribution in [3.05, 3.63) is 40.7 Å². The molecule has 3 heteroatoms. The molecule has 1 atom stereocenters. The molecule has 0 fully saturated rings. The monoisotopic (exact) mass is 184 g/mol. The van der Waals surface area contributed by atoms with Crippen molar-refractivity contribution in [1.29, 1.82) is 0 Å². The summed E-state index contributed by atoms with van der Waals surface area (Å²) in [6.45, 7) is 1.93. The first-order chi connectivity index (χ1) is 6.13. The lowest BCUT2D eigenvalue weighted by molar-refractivity contribution is 0.506. The molecule has 1 nitrogen and oxygen atoms in total. The van der Waals surface area contributed by atoms with Gasteiger partial charge in [0, 0.05) is 0 Å². The van der Waals surface area contributed by atoms with Crippen LogP contribution in [0.1, 0.15) is 12.5 Å². The third-order valence-corrected chi connectivity index (χ3v) is 1.96. The Morgan fingerprint density at radius 2 is 2.00 bits per heavy atom. The van der Waals surface area contributed by atoms with E-state index in [0.29, 0.717) is 6.42 Å². The van der Waals surface area contributed by atoms with Crippen LogP contribution < -0.4 is 0 Å². The van der Waals surface area contributed by atoms with E-state index in [1.54, 1.807) is 13.1 Å². The van der Waals surface area contributed by atoms with Gasteiger partial charge in [-0.1, -0.05) is 13.0 Å². The van der Waals surface area contributed by atoms with Crippen molar-refractivity contribution in [3.8, 4) is 0 Å². The molecule has 0 heterocycles. The SMILES string of the molecule is C[N-]C(C)Cc1ccc(F)c(F)c1. The summed E-state index contributed by atoms with van der Waals surface area (Å²) in [5, 5.41) is 4.02. The van der Waals surface area contributed by atoms with Crippen LogP contribution in [0.3, 0.4) is 0 Å². The maximum Gasteiger partial charge on any atom is 0.159 e. The van der Waals surface area contributed by atoms with Gasteiger partial charge in [-0.2, -0.15) is 7.05 Å².